The molecule has 1 N–H and O–H groups in total. The molecular weight excluding hydrogens is 314 g/mol. The zero-order valence-corrected chi connectivity index (χ0v) is 14.7. The van der Waals surface area contributed by atoms with Gasteiger partial charge >= 0.3 is 0 Å². The molecule has 0 radical (unpaired) electrons. The van der Waals surface area contributed by atoms with E-state index in [0.717, 1.165) is 28.7 Å². The van der Waals surface area contributed by atoms with Gasteiger partial charge in [-0.05, 0) is 31.0 Å². The maximum atomic E-state index is 12.6. The van der Waals surface area contributed by atoms with E-state index >= 15 is 0 Å². The first-order valence-corrected chi connectivity index (χ1v) is 8.33. The number of nitrogens with one attached hydrogen (secondary N) is 1. The third-order valence-electron chi connectivity index (χ3n) is 4.13. The molecule has 0 unspecified atom stereocenters. The molecule has 5 nitrogen and oxygen atoms in total. The zero-order chi connectivity index (χ0) is 17.8. The van der Waals surface area contributed by atoms with E-state index in [1.807, 2.05) is 44.2 Å². The molecule has 1 aromatic carbocycles. The topological polar surface area (TPSA) is 64.1 Å². The Kier molecular flexibility index (Phi) is 4.93. The predicted molar refractivity (Wildman–Crippen MR) is 99.8 cm³/mol. The molecule has 0 saturated carbocycles. The number of carbonyl (C=O) groups is 1. The van der Waals surface area contributed by atoms with Crippen molar-refractivity contribution in [2.75, 3.05) is 12.4 Å². The third kappa shape index (κ3) is 3.31. The summed E-state index contributed by atoms with van der Waals surface area (Å²) in [5, 5.41) is 4.25. The number of fused-ring (bicyclic) bond motifs is 1. The van der Waals surface area contributed by atoms with Crippen molar-refractivity contribution in [1.29, 1.82) is 0 Å². The number of carbonyl (C=O) groups excluding carboxylic acids is 1. The molecule has 0 aliphatic carbocycles. The van der Waals surface area contributed by atoms with Gasteiger partial charge in [0.05, 0.1) is 18.4 Å². The molecule has 0 saturated heterocycles. The second-order valence-electron chi connectivity index (χ2n) is 5.88. The van der Waals surface area contributed by atoms with Crippen molar-refractivity contribution >= 4 is 28.1 Å². The third-order valence-corrected chi connectivity index (χ3v) is 4.13. The zero-order valence-electron chi connectivity index (χ0n) is 14.7. The van der Waals surface area contributed by atoms with Crippen LogP contribution in [0.4, 0.5) is 11.4 Å². The number of ketones is 1. The van der Waals surface area contributed by atoms with Crippen LogP contribution in [-0.4, -0.2) is 22.9 Å². The Balaban J connectivity index is 2.22. The summed E-state index contributed by atoms with van der Waals surface area (Å²) >= 11 is 0. The summed E-state index contributed by atoms with van der Waals surface area (Å²) in [5.41, 5.74) is 4.03. The molecular formula is C20H21N3O2. The minimum Gasteiger partial charge on any atom is -0.479 e. The number of anilines is 2. The summed E-state index contributed by atoms with van der Waals surface area (Å²) in [7, 11) is 1.56. The Hall–Kier alpha value is -2.95. The molecule has 0 bridgehead atoms. The highest BCUT2D eigenvalue weighted by Gasteiger charge is 2.18. The molecule has 5 heteroatoms. The number of ether oxygens (including phenoxy) is 1. The predicted octanol–water partition coefficient (Wildman–Crippen LogP) is 4.67. The summed E-state index contributed by atoms with van der Waals surface area (Å²) in [6.45, 7) is 4.02. The summed E-state index contributed by atoms with van der Waals surface area (Å²) in [5.74, 6) is 0.517. The molecule has 0 aliphatic heterocycles. The van der Waals surface area contributed by atoms with Gasteiger partial charge in [-0.2, -0.15) is 0 Å². The standard InChI is InChI=1S/C20H21N3O2/c1-4-7-17(24)15-12-22-19-14(10-11-21-20(19)25-3)18(15)23-16-9-6-5-8-13(16)2/h5-6,8-12H,4,7H2,1-3H3,(H,22,23). The Morgan fingerprint density at radius 3 is 2.72 bits per heavy atom. The number of para-hydroxylation sites is 1. The van der Waals surface area contributed by atoms with Crippen LogP contribution in [0.2, 0.25) is 0 Å². The van der Waals surface area contributed by atoms with E-state index in [1.165, 1.54) is 0 Å². The summed E-state index contributed by atoms with van der Waals surface area (Å²) < 4.78 is 5.32. The van der Waals surface area contributed by atoms with Crippen molar-refractivity contribution in [3.05, 3.63) is 53.9 Å². The van der Waals surface area contributed by atoms with Crippen molar-refractivity contribution in [3.63, 3.8) is 0 Å². The Bertz CT molecular complexity index is 922. The largest absolute Gasteiger partial charge is 0.479 e. The first kappa shape index (κ1) is 16.9. The number of Topliss-reactive ketones (excluding diaryl/α,β-unsaturated/α-hetero) is 1. The number of nitrogens with zero attached hydrogens (tertiary/aromatic N) is 2. The van der Waals surface area contributed by atoms with Gasteiger partial charge in [-0.15, -0.1) is 0 Å². The highest BCUT2D eigenvalue weighted by Crippen LogP contribution is 2.33. The van der Waals surface area contributed by atoms with E-state index < -0.39 is 0 Å². The van der Waals surface area contributed by atoms with Gasteiger partial charge in [0.1, 0.15) is 5.52 Å². The Labute approximate surface area is 147 Å². The maximum Gasteiger partial charge on any atom is 0.240 e. The monoisotopic (exact) mass is 335 g/mol. The highest BCUT2D eigenvalue weighted by atomic mass is 16.5. The Morgan fingerprint density at radius 2 is 2.00 bits per heavy atom. The van der Waals surface area contributed by atoms with E-state index in [2.05, 4.69) is 15.3 Å². The second-order valence-corrected chi connectivity index (χ2v) is 5.88. The number of aryl methyl sites for hydroxylation is 1. The van der Waals surface area contributed by atoms with Gasteiger partial charge in [-0.1, -0.05) is 25.1 Å². The minimum absolute atomic E-state index is 0.0729. The molecule has 2 aromatic heterocycles. The molecule has 0 amide bonds. The first-order valence-electron chi connectivity index (χ1n) is 8.33. The summed E-state index contributed by atoms with van der Waals surface area (Å²) in [6.07, 6.45) is 4.56. The quantitative estimate of drug-likeness (QED) is 0.663. The van der Waals surface area contributed by atoms with Gasteiger partial charge < -0.3 is 10.1 Å². The summed E-state index contributed by atoms with van der Waals surface area (Å²) in [6, 6.07) is 9.83. The molecule has 0 aliphatic rings. The van der Waals surface area contributed by atoms with Gasteiger partial charge in [-0.3, -0.25) is 4.79 Å². The van der Waals surface area contributed by atoms with Crippen molar-refractivity contribution in [2.45, 2.75) is 26.7 Å². The SMILES string of the molecule is CCCC(=O)c1cnc2c(OC)nccc2c1Nc1ccccc1C. The van der Waals surface area contributed by atoms with Crippen LogP contribution in [0, 0.1) is 6.92 Å². The van der Waals surface area contributed by atoms with Gasteiger partial charge in [0, 0.05) is 29.9 Å². The van der Waals surface area contributed by atoms with E-state index in [4.69, 9.17) is 4.74 Å². The maximum absolute atomic E-state index is 12.6. The molecule has 0 fully saturated rings. The van der Waals surface area contributed by atoms with Crippen LogP contribution in [0.5, 0.6) is 5.88 Å². The summed E-state index contributed by atoms with van der Waals surface area (Å²) in [4.78, 5) is 21.2. The van der Waals surface area contributed by atoms with Crippen molar-refractivity contribution < 1.29 is 9.53 Å². The van der Waals surface area contributed by atoms with Gasteiger partial charge in [0.15, 0.2) is 5.78 Å². The fourth-order valence-electron chi connectivity index (χ4n) is 2.81. The molecule has 128 valence electrons. The number of rotatable bonds is 6. The van der Waals surface area contributed by atoms with Crippen LogP contribution in [0.3, 0.4) is 0 Å². The van der Waals surface area contributed by atoms with E-state index in [1.54, 1.807) is 19.5 Å². The van der Waals surface area contributed by atoms with Crippen LogP contribution in [0.25, 0.3) is 10.9 Å². The number of pyridine rings is 2. The lowest BCUT2D eigenvalue weighted by Gasteiger charge is -2.16. The molecule has 2 heterocycles. The number of aromatic nitrogens is 2. The average Bonchev–Trinajstić information content (AvgIpc) is 2.63. The molecule has 3 aromatic rings. The average molecular weight is 335 g/mol. The first-order chi connectivity index (χ1) is 12.2. The van der Waals surface area contributed by atoms with Crippen LogP contribution >= 0.6 is 0 Å². The fraction of sp³-hybridized carbons (Fsp3) is 0.250. The highest BCUT2D eigenvalue weighted by molar-refractivity contribution is 6.09. The van der Waals surface area contributed by atoms with Crippen LogP contribution in [0.1, 0.15) is 35.7 Å². The van der Waals surface area contributed by atoms with Crippen LogP contribution < -0.4 is 10.1 Å². The molecule has 25 heavy (non-hydrogen) atoms. The Morgan fingerprint density at radius 1 is 1.20 bits per heavy atom. The van der Waals surface area contributed by atoms with E-state index in [-0.39, 0.29) is 5.78 Å². The van der Waals surface area contributed by atoms with E-state index in [9.17, 15) is 4.79 Å². The lowest BCUT2D eigenvalue weighted by Crippen LogP contribution is -2.07. The second kappa shape index (κ2) is 7.30. The fourth-order valence-corrected chi connectivity index (χ4v) is 2.81. The number of methoxy groups -OCH3 is 1. The smallest absolute Gasteiger partial charge is 0.240 e. The van der Waals surface area contributed by atoms with Crippen LogP contribution in [-0.2, 0) is 0 Å². The van der Waals surface area contributed by atoms with Crippen molar-refractivity contribution in [1.82, 2.24) is 9.97 Å². The molecule has 3 rings (SSSR count). The number of benzene rings is 1. The van der Waals surface area contributed by atoms with Crippen molar-refractivity contribution in [3.8, 4) is 5.88 Å². The van der Waals surface area contributed by atoms with Crippen molar-refractivity contribution in [2.24, 2.45) is 0 Å². The van der Waals surface area contributed by atoms with Crippen LogP contribution in [0.15, 0.2) is 42.7 Å². The minimum atomic E-state index is 0.0729. The molecule has 0 atom stereocenters. The lowest BCUT2D eigenvalue weighted by molar-refractivity contribution is 0.0982. The normalized spacial score (nSPS) is 10.7. The van der Waals surface area contributed by atoms with Gasteiger partial charge in [0.25, 0.3) is 0 Å². The lowest BCUT2D eigenvalue weighted by atomic mass is 10.0. The van der Waals surface area contributed by atoms with Gasteiger partial charge in [0.2, 0.25) is 5.88 Å². The van der Waals surface area contributed by atoms with Gasteiger partial charge in [-0.25, -0.2) is 9.97 Å². The van der Waals surface area contributed by atoms with E-state index in [0.29, 0.717) is 23.4 Å². The number of hydrogen-bond donors (Lipinski definition) is 1. The number of hydrogen-bond acceptors (Lipinski definition) is 5. The molecule has 0 spiro atoms.